The van der Waals surface area contributed by atoms with Gasteiger partial charge in [0.15, 0.2) is 16.6 Å². The summed E-state index contributed by atoms with van der Waals surface area (Å²) in [4.78, 5) is 18.5. The van der Waals surface area contributed by atoms with Crippen LogP contribution >= 0.6 is 0 Å². The largest absolute Gasteiger partial charge is 0.478 e. The summed E-state index contributed by atoms with van der Waals surface area (Å²) in [6.45, 7) is 26.3. The van der Waals surface area contributed by atoms with E-state index in [1.165, 1.54) is 0 Å². The molecule has 0 aliphatic carbocycles. The number of aliphatic hydroxyl groups excluding tert-OH is 2. The molecule has 4 N–H and O–H groups in total. The van der Waals surface area contributed by atoms with Gasteiger partial charge in [0.1, 0.15) is 0 Å². The lowest BCUT2D eigenvalue weighted by Crippen LogP contribution is -2.57. The zero-order chi connectivity index (χ0) is 27.3. The van der Waals surface area contributed by atoms with Crippen LogP contribution in [0.3, 0.4) is 0 Å². The van der Waals surface area contributed by atoms with Crippen LogP contribution in [0.2, 0.25) is 64.5 Å². The molecule has 0 aromatic heterocycles. The first-order valence-corrected chi connectivity index (χ1v) is 22.5. The van der Waals surface area contributed by atoms with Gasteiger partial charge in [0.25, 0.3) is 0 Å². The van der Waals surface area contributed by atoms with Gasteiger partial charge >= 0.3 is 29.1 Å². The Morgan fingerprint density at radius 1 is 0.697 bits per heavy atom. The van der Waals surface area contributed by atoms with E-state index in [-0.39, 0.29) is 12.2 Å². The molecule has 0 spiro atoms. The van der Waals surface area contributed by atoms with Gasteiger partial charge in [-0.25, -0.2) is 9.59 Å². The number of hydrogen-bond acceptors (Lipinski definition) is 7. The average Bonchev–Trinajstić information content (AvgIpc) is 2.49. The van der Waals surface area contributed by atoms with Gasteiger partial charge in [0, 0.05) is 12.2 Å². The fourth-order valence-corrected chi connectivity index (χ4v) is 23.4. The molecule has 13 heteroatoms. The van der Waals surface area contributed by atoms with Gasteiger partial charge < -0.3 is 32.8 Å². The standard InChI is InChI=1S/C14H38O5Si4.2C3H4O2/c1-13(15)11-20(3,4)17-22(7,8)19-23(9,10)18-21(5,6)12-14(2)16;2*1-2-3(4)5/h13-16H,11-12H2,1-10H3;2*2H,1H2,(H,4,5). The predicted molar refractivity (Wildman–Crippen MR) is 142 cm³/mol. The maximum absolute atomic E-state index is 9.65. The van der Waals surface area contributed by atoms with Crippen LogP contribution < -0.4 is 0 Å². The van der Waals surface area contributed by atoms with E-state index in [4.69, 9.17) is 22.6 Å². The molecule has 2 atom stereocenters. The lowest BCUT2D eigenvalue weighted by molar-refractivity contribution is -0.132. The third-order valence-electron chi connectivity index (χ3n) is 3.46. The second-order valence-electron chi connectivity index (χ2n) is 9.82. The summed E-state index contributed by atoms with van der Waals surface area (Å²) in [6, 6.07) is 1.41. The molecule has 0 saturated heterocycles. The SMILES string of the molecule is C=CC(=O)O.C=CC(=O)O.CC(O)C[Si](C)(C)O[Si](C)(C)O[Si](C)(C)O[Si](C)(C)CC(C)O. The Bertz CT molecular complexity index is 567. The number of rotatable bonds is 12. The first-order chi connectivity index (χ1) is 14.5. The summed E-state index contributed by atoms with van der Waals surface area (Å²) >= 11 is 0. The predicted octanol–water partition coefficient (Wildman–Crippen LogP) is 4.13. The minimum absolute atomic E-state index is 0.347. The minimum atomic E-state index is -2.33. The van der Waals surface area contributed by atoms with E-state index in [1.54, 1.807) is 13.8 Å². The molecular formula is C20H46O9Si4. The fourth-order valence-electron chi connectivity index (χ4n) is 3.47. The Kier molecular flexibility index (Phi) is 17.6. The zero-order valence-electron chi connectivity index (χ0n) is 22.0. The highest BCUT2D eigenvalue weighted by Crippen LogP contribution is 2.27. The van der Waals surface area contributed by atoms with Gasteiger partial charge in [-0.3, -0.25) is 0 Å². The van der Waals surface area contributed by atoms with E-state index in [2.05, 4.69) is 65.5 Å². The topological polar surface area (TPSA) is 143 Å². The highest BCUT2D eigenvalue weighted by atomic mass is 28.5. The first-order valence-electron chi connectivity index (χ1n) is 10.7. The molecule has 0 aliphatic rings. The lowest BCUT2D eigenvalue weighted by atomic mass is 10.5. The minimum Gasteiger partial charge on any atom is -0.478 e. The van der Waals surface area contributed by atoms with Gasteiger partial charge in [-0.1, -0.05) is 13.2 Å². The summed E-state index contributed by atoms with van der Waals surface area (Å²) in [5.74, 6) is -1.96. The summed E-state index contributed by atoms with van der Waals surface area (Å²) in [5.41, 5.74) is 0. The zero-order valence-corrected chi connectivity index (χ0v) is 26.0. The molecule has 196 valence electrons. The molecule has 33 heavy (non-hydrogen) atoms. The number of carboxylic acid groups (broad SMARTS) is 2. The second kappa shape index (κ2) is 15.9. The van der Waals surface area contributed by atoms with Crippen LogP contribution in [0.4, 0.5) is 0 Å². The molecule has 0 fully saturated rings. The number of carbonyl (C=O) groups is 2. The normalized spacial score (nSPS) is 13.9. The van der Waals surface area contributed by atoms with E-state index in [0.29, 0.717) is 12.1 Å². The summed E-state index contributed by atoms with van der Waals surface area (Å²) < 4.78 is 19.2. The van der Waals surface area contributed by atoms with Crippen LogP contribution in [0.15, 0.2) is 25.3 Å². The van der Waals surface area contributed by atoms with Gasteiger partial charge in [0.05, 0.1) is 12.2 Å². The van der Waals surface area contributed by atoms with Crippen molar-refractivity contribution in [2.24, 2.45) is 0 Å². The summed E-state index contributed by atoms with van der Waals surface area (Å²) in [5, 5.41) is 34.5. The molecule has 0 heterocycles. The van der Waals surface area contributed by atoms with E-state index in [1.807, 2.05) is 0 Å². The third kappa shape index (κ3) is 27.2. The van der Waals surface area contributed by atoms with Crippen molar-refractivity contribution < 1.29 is 42.4 Å². The fraction of sp³-hybridized carbons (Fsp3) is 0.700. The molecule has 2 unspecified atom stereocenters. The molecule has 0 rings (SSSR count). The molecule has 9 nitrogen and oxygen atoms in total. The van der Waals surface area contributed by atoms with Crippen LogP contribution in [-0.4, -0.2) is 78.3 Å². The van der Waals surface area contributed by atoms with Crippen molar-refractivity contribution >= 4 is 45.7 Å². The maximum atomic E-state index is 9.65. The van der Waals surface area contributed by atoms with Crippen molar-refractivity contribution in [2.75, 3.05) is 0 Å². The second-order valence-corrected chi connectivity index (χ2v) is 25.7. The van der Waals surface area contributed by atoms with Crippen LogP contribution in [-0.2, 0) is 21.9 Å². The van der Waals surface area contributed by atoms with Crippen molar-refractivity contribution in [1.29, 1.82) is 0 Å². The summed E-state index contributed by atoms with van der Waals surface area (Å²) in [6.07, 6.45) is 0.973. The van der Waals surface area contributed by atoms with Crippen molar-refractivity contribution in [3.8, 4) is 0 Å². The highest BCUT2D eigenvalue weighted by Gasteiger charge is 2.43. The molecule has 0 aromatic carbocycles. The molecule has 0 radical (unpaired) electrons. The Morgan fingerprint density at radius 2 is 0.909 bits per heavy atom. The van der Waals surface area contributed by atoms with Crippen molar-refractivity contribution in [3.05, 3.63) is 25.3 Å². The lowest BCUT2D eigenvalue weighted by Gasteiger charge is -2.41. The van der Waals surface area contributed by atoms with Crippen molar-refractivity contribution in [2.45, 2.75) is 90.5 Å². The molecular weight excluding hydrogens is 497 g/mol. The molecule has 0 aliphatic heterocycles. The molecule has 0 saturated carbocycles. The Balaban J connectivity index is -0.000000746. The number of aliphatic carboxylic acids is 2. The monoisotopic (exact) mass is 542 g/mol. The maximum Gasteiger partial charge on any atom is 0.327 e. The van der Waals surface area contributed by atoms with E-state index >= 15 is 0 Å². The molecule has 0 amide bonds. The van der Waals surface area contributed by atoms with Crippen LogP contribution in [0, 0.1) is 0 Å². The Morgan fingerprint density at radius 3 is 1.06 bits per heavy atom. The van der Waals surface area contributed by atoms with Gasteiger partial charge in [0.2, 0.25) is 0 Å². The average molecular weight is 543 g/mol. The Hall–Kier alpha value is -0.912. The van der Waals surface area contributed by atoms with Gasteiger partial charge in [-0.05, 0) is 78.3 Å². The number of hydrogen-bond donors (Lipinski definition) is 4. The highest BCUT2D eigenvalue weighted by molar-refractivity contribution is 6.89. The number of aliphatic hydroxyl groups is 2. The summed E-state index contributed by atoms with van der Waals surface area (Å²) in [7, 11) is -8.59. The van der Waals surface area contributed by atoms with E-state index in [0.717, 1.165) is 12.2 Å². The first kappa shape index (κ1) is 36.7. The van der Waals surface area contributed by atoms with E-state index in [9.17, 15) is 19.8 Å². The number of carboxylic acids is 2. The molecule has 0 bridgehead atoms. The van der Waals surface area contributed by atoms with Gasteiger partial charge in [-0.15, -0.1) is 0 Å². The smallest absolute Gasteiger partial charge is 0.327 e. The van der Waals surface area contributed by atoms with Crippen molar-refractivity contribution in [1.82, 2.24) is 0 Å². The van der Waals surface area contributed by atoms with Crippen LogP contribution in [0.1, 0.15) is 13.8 Å². The van der Waals surface area contributed by atoms with Gasteiger partial charge in [-0.2, -0.15) is 0 Å². The molecule has 0 aromatic rings. The van der Waals surface area contributed by atoms with Crippen molar-refractivity contribution in [3.63, 3.8) is 0 Å². The Labute approximate surface area is 203 Å². The third-order valence-corrected chi connectivity index (χ3v) is 18.9. The van der Waals surface area contributed by atoms with E-state index < -0.39 is 45.7 Å². The van der Waals surface area contributed by atoms with Crippen LogP contribution in [0.5, 0.6) is 0 Å². The quantitative estimate of drug-likeness (QED) is 0.211. The van der Waals surface area contributed by atoms with Crippen LogP contribution in [0.25, 0.3) is 0 Å².